The summed E-state index contributed by atoms with van der Waals surface area (Å²) in [4.78, 5) is 11.6. The van der Waals surface area contributed by atoms with Gasteiger partial charge in [-0.3, -0.25) is 0 Å². The molecule has 36 heavy (non-hydrogen) atoms. The number of aliphatic hydroxyl groups excluding tert-OH is 2. The van der Waals surface area contributed by atoms with Gasteiger partial charge < -0.3 is 14.9 Å². The molecule has 0 aliphatic rings. The molecule has 0 radical (unpaired) electrons. The Labute approximate surface area is 209 Å². The topological polar surface area (TPSA) is 66.8 Å². The molecule has 0 amide bonds. The summed E-state index contributed by atoms with van der Waals surface area (Å²) in [5, 5.41) is 18.4. The zero-order valence-electron chi connectivity index (χ0n) is 20.5. The summed E-state index contributed by atoms with van der Waals surface area (Å²) in [6.07, 6.45) is 4.40. The van der Waals surface area contributed by atoms with E-state index in [1.807, 2.05) is 0 Å². The van der Waals surface area contributed by atoms with Gasteiger partial charge in [-0.15, -0.1) is 0 Å². The molecule has 0 fully saturated rings. The van der Waals surface area contributed by atoms with Crippen LogP contribution in [0.15, 0.2) is 60.7 Å². The largest absolute Gasteiger partial charge is 0.462 e. The monoisotopic (exact) mass is 510 g/mol. The second-order valence-corrected chi connectivity index (χ2v) is 8.95. The molecule has 0 saturated carbocycles. The third-order valence-corrected chi connectivity index (χ3v) is 6.13. The molecule has 2 aromatic carbocycles. The third-order valence-electron chi connectivity index (χ3n) is 6.13. The standard InChI is InChI=1S/C28H34F4O4/c1-3-4-5-6-21-9-13-24(14-10-21)27(29,30)28(31,32)25-15-11-22(12-16-25)7-8-23(18-34)19-36-26(35)20(2)17-33/h9-16,23,33-34H,2-8,17-19H2,1H3. The third kappa shape index (κ3) is 7.64. The number of hydrogen-bond donors (Lipinski definition) is 2. The van der Waals surface area contributed by atoms with Crippen LogP contribution in [0.2, 0.25) is 0 Å². The zero-order chi connectivity index (χ0) is 26.8. The average Bonchev–Trinajstić information content (AvgIpc) is 2.88. The van der Waals surface area contributed by atoms with Gasteiger partial charge in [0.1, 0.15) is 0 Å². The first-order valence-corrected chi connectivity index (χ1v) is 12.1. The fourth-order valence-electron chi connectivity index (χ4n) is 3.66. The molecule has 4 nitrogen and oxygen atoms in total. The van der Waals surface area contributed by atoms with Crippen LogP contribution in [0.5, 0.6) is 0 Å². The van der Waals surface area contributed by atoms with Gasteiger partial charge in [0, 0.05) is 23.7 Å². The predicted octanol–water partition coefficient (Wildman–Crippen LogP) is 5.94. The molecule has 1 unspecified atom stereocenters. The van der Waals surface area contributed by atoms with Gasteiger partial charge in [-0.2, -0.15) is 17.6 Å². The molecule has 8 heteroatoms. The van der Waals surface area contributed by atoms with E-state index in [2.05, 4.69) is 13.5 Å². The van der Waals surface area contributed by atoms with Gasteiger partial charge in [0.15, 0.2) is 0 Å². The van der Waals surface area contributed by atoms with Crippen molar-refractivity contribution >= 4 is 5.97 Å². The van der Waals surface area contributed by atoms with Crippen molar-refractivity contribution in [3.8, 4) is 0 Å². The van der Waals surface area contributed by atoms with Crippen LogP contribution in [0.4, 0.5) is 17.6 Å². The number of aryl methyl sites for hydroxylation is 2. The molecule has 0 aliphatic heterocycles. The molecule has 0 saturated heterocycles. The van der Waals surface area contributed by atoms with Crippen LogP contribution < -0.4 is 0 Å². The first-order valence-electron chi connectivity index (χ1n) is 12.1. The van der Waals surface area contributed by atoms with Gasteiger partial charge in [0.2, 0.25) is 0 Å². The smallest absolute Gasteiger partial charge is 0.339 e. The van der Waals surface area contributed by atoms with E-state index in [1.54, 1.807) is 0 Å². The number of carbonyl (C=O) groups excluding carboxylic acids is 1. The van der Waals surface area contributed by atoms with Crippen molar-refractivity contribution in [3.63, 3.8) is 0 Å². The molecule has 0 aromatic heterocycles. The Morgan fingerprint density at radius 2 is 1.39 bits per heavy atom. The number of rotatable bonds is 15. The van der Waals surface area contributed by atoms with Gasteiger partial charge in [-0.25, -0.2) is 4.79 Å². The Kier molecular flexibility index (Phi) is 11.1. The Bertz CT molecular complexity index is 972. The molecule has 2 N–H and O–H groups in total. The van der Waals surface area contributed by atoms with Crippen molar-refractivity contribution in [1.29, 1.82) is 0 Å². The number of hydrogen-bond acceptors (Lipinski definition) is 4. The second-order valence-electron chi connectivity index (χ2n) is 8.95. The van der Waals surface area contributed by atoms with Crippen LogP contribution >= 0.6 is 0 Å². The quantitative estimate of drug-likeness (QED) is 0.135. The minimum atomic E-state index is -4.41. The average molecular weight is 511 g/mol. The van der Waals surface area contributed by atoms with Crippen LogP contribution in [-0.2, 0) is 34.2 Å². The van der Waals surface area contributed by atoms with E-state index in [1.165, 1.54) is 24.3 Å². The minimum absolute atomic E-state index is 0.103. The van der Waals surface area contributed by atoms with Crippen LogP contribution in [0, 0.1) is 5.92 Å². The Morgan fingerprint density at radius 1 is 0.889 bits per heavy atom. The van der Waals surface area contributed by atoms with Gasteiger partial charge in [0.25, 0.3) is 0 Å². The molecular weight excluding hydrogens is 476 g/mol. The normalized spacial score (nSPS) is 12.9. The zero-order valence-corrected chi connectivity index (χ0v) is 20.5. The molecule has 2 rings (SSSR count). The SMILES string of the molecule is C=C(CO)C(=O)OCC(CO)CCc1ccc(C(F)(F)C(F)(F)c2ccc(CCCCC)cc2)cc1. The van der Waals surface area contributed by atoms with E-state index in [0.717, 1.165) is 55.5 Å². The van der Waals surface area contributed by atoms with Crippen LogP contribution in [0.25, 0.3) is 0 Å². The summed E-state index contributed by atoms with van der Waals surface area (Å²) in [6.45, 7) is 4.49. The van der Waals surface area contributed by atoms with E-state index in [4.69, 9.17) is 9.84 Å². The van der Waals surface area contributed by atoms with E-state index in [-0.39, 0.29) is 18.8 Å². The highest BCUT2D eigenvalue weighted by atomic mass is 19.3. The highest BCUT2D eigenvalue weighted by molar-refractivity contribution is 5.87. The summed E-state index contributed by atoms with van der Waals surface area (Å²) in [5.41, 5.74) is -0.190. The molecule has 198 valence electrons. The lowest BCUT2D eigenvalue weighted by Gasteiger charge is -2.27. The van der Waals surface area contributed by atoms with E-state index < -0.39 is 41.5 Å². The van der Waals surface area contributed by atoms with Crippen molar-refractivity contribution in [2.45, 2.75) is 57.3 Å². The summed E-state index contributed by atoms with van der Waals surface area (Å²) in [7, 11) is 0. The molecule has 2 aromatic rings. The minimum Gasteiger partial charge on any atom is -0.462 e. The van der Waals surface area contributed by atoms with Gasteiger partial charge >= 0.3 is 17.8 Å². The molecular formula is C28H34F4O4. The van der Waals surface area contributed by atoms with Crippen LogP contribution in [-0.4, -0.2) is 36.0 Å². The lowest BCUT2D eigenvalue weighted by atomic mass is 9.93. The predicted molar refractivity (Wildman–Crippen MR) is 130 cm³/mol. The summed E-state index contributed by atoms with van der Waals surface area (Å²) < 4.78 is 64.4. The van der Waals surface area contributed by atoms with Crippen molar-refractivity contribution in [2.24, 2.45) is 5.92 Å². The number of halogens is 4. The van der Waals surface area contributed by atoms with Crippen molar-refractivity contribution in [1.82, 2.24) is 0 Å². The van der Waals surface area contributed by atoms with Gasteiger partial charge in [0.05, 0.1) is 18.8 Å². The number of aliphatic hydroxyl groups is 2. The molecule has 1 atom stereocenters. The van der Waals surface area contributed by atoms with E-state index in [9.17, 15) is 27.5 Å². The maximum atomic E-state index is 14.9. The second kappa shape index (κ2) is 13.6. The fraction of sp³-hybridized carbons (Fsp3) is 0.464. The summed E-state index contributed by atoms with van der Waals surface area (Å²) in [5.74, 6) is -9.99. The van der Waals surface area contributed by atoms with Crippen molar-refractivity contribution in [2.75, 3.05) is 19.8 Å². The first-order chi connectivity index (χ1) is 17.1. The van der Waals surface area contributed by atoms with Crippen LogP contribution in [0.1, 0.15) is 54.9 Å². The number of alkyl halides is 4. The number of unbranched alkanes of at least 4 members (excludes halogenated alkanes) is 2. The fourth-order valence-corrected chi connectivity index (χ4v) is 3.66. The Hall–Kier alpha value is -2.71. The highest BCUT2D eigenvalue weighted by Gasteiger charge is 2.58. The number of carbonyl (C=O) groups is 1. The maximum absolute atomic E-state index is 14.9. The van der Waals surface area contributed by atoms with Crippen molar-refractivity contribution in [3.05, 3.63) is 82.9 Å². The first kappa shape index (κ1) is 29.5. The van der Waals surface area contributed by atoms with E-state index in [0.29, 0.717) is 18.4 Å². The number of ether oxygens (including phenoxy) is 1. The van der Waals surface area contributed by atoms with Gasteiger partial charge in [-0.1, -0.05) is 74.9 Å². The molecule has 0 spiro atoms. The summed E-state index contributed by atoms with van der Waals surface area (Å²) in [6, 6.07) is 9.78. The van der Waals surface area contributed by atoms with Crippen LogP contribution in [0.3, 0.4) is 0 Å². The highest BCUT2D eigenvalue weighted by Crippen LogP contribution is 2.49. The summed E-state index contributed by atoms with van der Waals surface area (Å²) >= 11 is 0. The Morgan fingerprint density at radius 3 is 1.83 bits per heavy atom. The lowest BCUT2D eigenvalue weighted by molar-refractivity contribution is -0.223. The molecule has 0 bridgehead atoms. The van der Waals surface area contributed by atoms with Crippen molar-refractivity contribution < 1.29 is 37.3 Å². The number of esters is 1. The van der Waals surface area contributed by atoms with Gasteiger partial charge in [-0.05, 0) is 36.8 Å². The molecule has 0 aliphatic carbocycles. The number of benzene rings is 2. The molecule has 0 heterocycles. The lowest BCUT2D eigenvalue weighted by Crippen LogP contribution is -2.35. The van der Waals surface area contributed by atoms with E-state index >= 15 is 0 Å². The Balaban J connectivity index is 2.02. The maximum Gasteiger partial charge on any atom is 0.339 e.